The van der Waals surface area contributed by atoms with Crippen LogP contribution in [-0.4, -0.2) is 30.9 Å². The monoisotopic (exact) mass is 188 g/mol. The molecule has 0 spiro atoms. The van der Waals surface area contributed by atoms with Gasteiger partial charge in [0.25, 0.3) is 0 Å². The van der Waals surface area contributed by atoms with Gasteiger partial charge in [0.05, 0.1) is 7.11 Å². The number of thioether (sulfide) groups is 1. The van der Waals surface area contributed by atoms with Crippen molar-refractivity contribution in [1.82, 2.24) is 0 Å². The molecule has 0 rings (SSSR count). The highest BCUT2D eigenvalue weighted by molar-refractivity contribution is 7.98. The molecule has 0 aliphatic heterocycles. The molecule has 0 atom stereocenters. The first kappa shape index (κ1) is 11.2. The van der Waals surface area contributed by atoms with Gasteiger partial charge in [-0.1, -0.05) is 0 Å². The SMILES string of the molecule is COC(=O)/C=C/C(=O)CCSC. The Morgan fingerprint density at radius 1 is 1.42 bits per heavy atom. The fourth-order valence-corrected chi connectivity index (χ4v) is 0.920. The highest BCUT2D eigenvalue weighted by atomic mass is 32.2. The van der Waals surface area contributed by atoms with E-state index in [4.69, 9.17) is 0 Å². The van der Waals surface area contributed by atoms with Crippen molar-refractivity contribution < 1.29 is 14.3 Å². The Bertz CT molecular complexity index is 187. The summed E-state index contributed by atoms with van der Waals surface area (Å²) in [5.41, 5.74) is 0. The van der Waals surface area contributed by atoms with Crippen molar-refractivity contribution in [2.45, 2.75) is 6.42 Å². The molecule has 0 amide bonds. The molecule has 0 aromatic rings. The normalized spacial score (nSPS) is 10.2. The summed E-state index contributed by atoms with van der Waals surface area (Å²) in [4.78, 5) is 21.4. The van der Waals surface area contributed by atoms with Gasteiger partial charge in [0.2, 0.25) is 0 Å². The number of rotatable bonds is 5. The van der Waals surface area contributed by atoms with Crippen LogP contribution in [0, 0.1) is 0 Å². The summed E-state index contributed by atoms with van der Waals surface area (Å²) >= 11 is 1.60. The van der Waals surface area contributed by atoms with Gasteiger partial charge in [0.1, 0.15) is 0 Å². The summed E-state index contributed by atoms with van der Waals surface area (Å²) in [5.74, 6) is 0.243. The van der Waals surface area contributed by atoms with Crippen LogP contribution in [-0.2, 0) is 14.3 Å². The van der Waals surface area contributed by atoms with Gasteiger partial charge < -0.3 is 4.74 Å². The molecule has 0 saturated carbocycles. The summed E-state index contributed by atoms with van der Waals surface area (Å²) in [7, 11) is 1.28. The molecular weight excluding hydrogens is 176 g/mol. The van der Waals surface area contributed by atoms with Crippen LogP contribution in [0.5, 0.6) is 0 Å². The quantitative estimate of drug-likeness (QED) is 0.477. The van der Waals surface area contributed by atoms with Gasteiger partial charge in [-0.15, -0.1) is 0 Å². The molecule has 3 nitrogen and oxygen atoms in total. The molecule has 0 radical (unpaired) electrons. The molecular formula is C8H12O3S. The van der Waals surface area contributed by atoms with Crippen molar-refractivity contribution in [3.8, 4) is 0 Å². The number of ether oxygens (including phenoxy) is 1. The first-order valence-corrected chi connectivity index (χ1v) is 4.88. The predicted octanol–water partition coefficient (Wildman–Crippen LogP) is 1.04. The molecule has 0 aromatic heterocycles. The zero-order valence-corrected chi connectivity index (χ0v) is 8.02. The number of carbonyl (C=O) groups excluding carboxylic acids is 2. The number of allylic oxidation sites excluding steroid dienone is 1. The lowest BCUT2D eigenvalue weighted by molar-refractivity contribution is -0.135. The van der Waals surface area contributed by atoms with Crippen LogP contribution in [0.15, 0.2) is 12.2 Å². The third-order valence-electron chi connectivity index (χ3n) is 1.16. The first-order valence-electron chi connectivity index (χ1n) is 3.48. The van der Waals surface area contributed by atoms with Crippen LogP contribution in [0.4, 0.5) is 0 Å². The van der Waals surface area contributed by atoms with E-state index in [1.165, 1.54) is 13.2 Å². The third kappa shape index (κ3) is 5.97. The Hall–Kier alpha value is -0.770. The van der Waals surface area contributed by atoms with Crippen molar-refractivity contribution in [2.75, 3.05) is 19.1 Å². The second-order valence-electron chi connectivity index (χ2n) is 2.07. The highest BCUT2D eigenvalue weighted by Crippen LogP contribution is 1.96. The molecule has 68 valence electrons. The molecule has 0 bridgehead atoms. The van der Waals surface area contributed by atoms with Gasteiger partial charge in [-0.3, -0.25) is 4.79 Å². The zero-order valence-electron chi connectivity index (χ0n) is 7.20. The van der Waals surface area contributed by atoms with Gasteiger partial charge in [0, 0.05) is 18.2 Å². The molecule has 0 saturated heterocycles. The van der Waals surface area contributed by atoms with E-state index in [0.717, 1.165) is 11.8 Å². The fraction of sp³-hybridized carbons (Fsp3) is 0.500. The molecule has 0 heterocycles. The van der Waals surface area contributed by atoms with E-state index in [1.807, 2.05) is 6.26 Å². The Morgan fingerprint density at radius 2 is 2.08 bits per heavy atom. The van der Waals surface area contributed by atoms with Crippen molar-refractivity contribution >= 4 is 23.5 Å². The number of carbonyl (C=O) groups is 2. The molecule has 0 N–H and O–H groups in total. The summed E-state index contributed by atoms with van der Waals surface area (Å²) in [6.07, 6.45) is 4.79. The maximum absolute atomic E-state index is 10.9. The lowest BCUT2D eigenvalue weighted by Crippen LogP contribution is -1.98. The van der Waals surface area contributed by atoms with Crippen molar-refractivity contribution in [3.05, 3.63) is 12.2 Å². The minimum atomic E-state index is -0.493. The van der Waals surface area contributed by atoms with Gasteiger partial charge in [-0.2, -0.15) is 11.8 Å². The Morgan fingerprint density at radius 3 is 2.58 bits per heavy atom. The minimum Gasteiger partial charge on any atom is -0.466 e. The van der Waals surface area contributed by atoms with E-state index in [0.29, 0.717) is 6.42 Å². The maximum atomic E-state index is 10.9. The van der Waals surface area contributed by atoms with E-state index >= 15 is 0 Å². The van der Waals surface area contributed by atoms with E-state index < -0.39 is 5.97 Å². The van der Waals surface area contributed by atoms with E-state index in [2.05, 4.69) is 4.74 Å². The minimum absolute atomic E-state index is 0.0465. The van der Waals surface area contributed by atoms with Crippen LogP contribution >= 0.6 is 11.8 Å². The number of ketones is 1. The maximum Gasteiger partial charge on any atom is 0.330 e. The summed E-state index contributed by atoms with van der Waals surface area (Å²) < 4.78 is 4.32. The molecule has 12 heavy (non-hydrogen) atoms. The van der Waals surface area contributed by atoms with Gasteiger partial charge >= 0.3 is 5.97 Å². The summed E-state index contributed by atoms with van der Waals surface area (Å²) in [5, 5.41) is 0. The second kappa shape index (κ2) is 6.91. The predicted molar refractivity (Wildman–Crippen MR) is 49.2 cm³/mol. The standard InChI is InChI=1S/C8H12O3S/c1-11-8(10)4-3-7(9)5-6-12-2/h3-4H,5-6H2,1-2H3/b4-3+. The number of hydrogen-bond acceptors (Lipinski definition) is 4. The van der Waals surface area contributed by atoms with E-state index in [-0.39, 0.29) is 5.78 Å². The molecule has 0 fully saturated rings. The summed E-state index contributed by atoms with van der Waals surface area (Å²) in [6.45, 7) is 0. The molecule has 4 heteroatoms. The van der Waals surface area contributed by atoms with Crippen LogP contribution in [0.25, 0.3) is 0 Å². The van der Waals surface area contributed by atoms with E-state index in [1.54, 1.807) is 11.8 Å². The fourth-order valence-electron chi connectivity index (χ4n) is 0.515. The van der Waals surface area contributed by atoms with Crippen LogP contribution in [0.2, 0.25) is 0 Å². The highest BCUT2D eigenvalue weighted by Gasteiger charge is 1.97. The Labute approximate surface area is 76.2 Å². The lowest BCUT2D eigenvalue weighted by atomic mass is 10.3. The van der Waals surface area contributed by atoms with Crippen LogP contribution < -0.4 is 0 Å². The number of methoxy groups -OCH3 is 1. The number of hydrogen-bond donors (Lipinski definition) is 0. The Kier molecular flexibility index (Phi) is 6.47. The van der Waals surface area contributed by atoms with Crippen molar-refractivity contribution in [2.24, 2.45) is 0 Å². The van der Waals surface area contributed by atoms with Gasteiger partial charge in [-0.05, 0) is 12.3 Å². The largest absolute Gasteiger partial charge is 0.466 e. The van der Waals surface area contributed by atoms with Gasteiger partial charge in [-0.25, -0.2) is 4.79 Å². The molecule has 0 unspecified atom stereocenters. The van der Waals surface area contributed by atoms with Crippen molar-refractivity contribution in [1.29, 1.82) is 0 Å². The van der Waals surface area contributed by atoms with Crippen molar-refractivity contribution in [3.63, 3.8) is 0 Å². The second-order valence-corrected chi connectivity index (χ2v) is 3.05. The smallest absolute Gasteiger partial charge is 0.330 e. The first-order chi connectivity index (χ1) is 5.70. The topological polar surface area (TPSA) is 43.4 Å². The average molecular weight is 188 g/mol. The average Bonchev–Trinajstić information content (AvgIpc) is 2.10. The molecule has 0 aliphatic carbocycles. The van der Waals surface area contributed by atoms with Gasteiger partial charge in [0.15, 0.2) is 5.78 Å². The summed E-state index contributed by atoms with van der Waals surface area (Å²) in [6, 6.07) is 0. The third-order valence-corrected chi connectivity index (χ3v) is 1.77. The lowest BCUT2D eigenvalue weighted by Gasteiger charge is -1.91. The van der Waals surface area contributed by atoms with Crippen LogP contribution in [0.3, 0.4) is 0 Å². The van der Waals surface area contributed by atoms with E-state index in [9.17, 15) is 9.59 Å². The number of esters is 1. The molecule has 0 aliphatic rings. The van der Waals surface area contributed by atoms with Crippen LogP contribution in [0.1, 0.15) is 6.42 Å². The Balaban J connectivity index is 3.67. The molecule has 0 aromatic carbocycles. The zero-order chi connectivity index (χ0) is 9.40.